The van der Waals surface area contributed by atoms with Crippen molar-refractivity contribution in [2.24, 2.45) is 17.4 Å². The molecule has 0 spiro atoms. The second-order valence-corrected chi connectivity index (χ2v) is 5.67. The van der Waals surface area contributed by atoms with Crippen LogP contribution in [0.4, 0.5) is 0 Å². The molecular formula is C15H23N3O. The summed E-state index contributed by atoms with van der Waals surface area (Å²) in [5, 5.41) is 0. The van der Waals surface area contributed by atoms with Crippen LogP contribution in [0.15, 0.2) is 18.2 Å². The van der Waals surface area contributed by atoms with Gasteiger partial charge in [0.25, 0.3) is 0 Å². The molecule has 1 saturated heterocycles. The van der Waals surface area contributed by atoms with Gasteiger partial charge in [-0.15, -0.1) is 0 Å². The van der Waals surface area contributed by atoms with Gasteiger partial charge in [-0.1, -0.05) is 13.0 Å². The molecule has 4 N–H and O–H groups in total. The number of piperidine rings is 1. The van der Waals surface area contributed by atoms with Crippen molar-refractivity contribution in [3.05, 3.63) is 34.9 Å². The Balaban J connectivity index is 2.05. The minimum Gasteiger partial charge on any atom is -0.366 e. The van der Waals surface area contributed by atoms with Crippen LogP contribution in [-0.2, 0) is 6.54 Å². The zero-order chi connectivity index (χ0) is 14.0. The molecule has 1 amide bonds. The van der Waals surface area contributed by atoms with Crippen LogP contribution in [0.1, 0.15) is 34.8 Å². The SMILES string of the molecule is Cc1cc(C(N)=O)ccc1CN1CCC(C)C(N)C1. The van der Waals surface area contributed by atoms with E-state index in [4.69, 9.17) is 11.5 Å². The Morgan fingerprint density at radius 1 is 1.47 bits per heavy atom. The zero-order valence-corrected chi connectivity index (χ0v) is 11.7. The molecule has 0 saturated carbocycles. The lowest BCUT2D eigenvalue weighted by molar-refractivity contribution is 0.1000. The molecule has 0 bridgehead atoms. The number of hydrogen-bond donors (Lipinski definition) is 2. The van der Waals surface area contributed by atoms with E-state index < -0.39 is 0 Å². The summed E-state index contributed by atoms with van der Waals surface area (Å²) in [7, 11) is 0. The van der Waals surface area contributed by atoms with Crippen molar-refractivity contribution in [3.8, 4) is 0 Å². The Morgan fingerprint density at radius 3 is 2.79 bits per heavy atom. The fourth-order valence-corrected chi connectivity index (χ4v) is 2.58. The van der Waals surface area contributed by atoms with Crippen LogP contribution in [0, 0.1) is 12.8 Å². The Bertz CT molecular complexity index is 472. The summed E-state index contributed by atoms with van der Waals surface area (Å²) >= 11 is 0. The largest absolute Gasteiger partial charge is 0.366 e. The number of nitrogens with zero attached hydrogens (tertiary/aromatic N) is 1. The zero-order valence-electron chi connectivity index (χ0n) is 11.7. The van der Waals surface area contributed by atoms with Gasteiger partial charge < -0.3 is 11.5 Å². The van der Waals surface area contributed by atoms with Gasteiger partial charge in [-0.2, -0.15) is 0 Å². The highest BCUT2D eigenvalue weighted by Crippen LogP contribution is 2.19. The summed E-state index contributed by atoms with van der Waals surface area (Å²) < 4.78 is 0. The van der Waals surface area contributed by atoms with Crippen LogP contribution < -0.4 is 11.5 Å². The molecule has 1 aromatic rings. The van der Waals surface area contributed by atoms with Crippen LogP contribution in [0.3, 0.4) is 0 Å². The molecule has 1 aromatic carbocycles. The van der Waals surface area contributed by atoms with Gasteiger partial charge in [0.1, 0.15) is 0 Å². The van der Waals surface area contributed by atoms with Crippen molar-refractivity contribution < 1.29 is 4.79 Å². The van der Waals surface area contributed by atoms with E-state index in [1.165, 1.54) is 5.56 Å². The molecule has 2 rings (SSSR count). The summed E-state index contributed by atoms with van der Waals surface area (Å²) in [6.07, 6.45) is 1.15. The smallest absolute Gasteiger partial charge is 0.248 e. The van der Waals surface area contributed by atoms with Crippen molar-refractivity contribution in [1.29, 1.82) is 0 Å². The second kappa shape index (κ2) is 5.72. The van der Waals surface area contributed by atoms with Crippen LogP contribution in [0.25, 0.3) is 0 Å². The van der Waals surface area contributed by atoms with Gasteiger partial charge in [0, 0.05) is 24.7 Å². The van der Waals surface area contributed by atoms with Gasteiger partial charge in [-0.05, 0) is 49.1 Å². The van der Waals surface area contributed by atoms with Gasteiger partial charge in [-0.25, -0.2) is 0 Å². The number of carbonyl (C=O) groups is 1. The maximum absolute atomic E-state index is 11.1. The van der Waals surface area contributed by atoms with Crippen molar-refractivity contribution in [2.45, 2.75) is 32.9 Å². The predicted molar refractivity (Wildman–Crippen MR) is 76.7 cm³/mol. The minimum absolute atomic E-state index is 0.263. The lowest BCUT2D eigenvalue weighted by atomic mass is 9.93. The maximum Gasteiger partial charge on any atom is 0.248 e. The third-order valence-electron chi connectivity index (χ3n) is 4.12. The highest BCUT2D eigenvalue weighted by atomic mass is 16.1. The number of aryl methyl sites for hydroxylation is 1. The van der Waals surface area contributed by atoms with Gasteiger partial charge in [0.15, 0.2) is 0 Å². The number of nitrogens with two attached hydrogens (primary N) is 2. The molecule has 0 aromatic heterocycles. The molecular weight excluding hydrogens is 238 g/mol. The molecule has 2 unspecified atom stereocenters. The maximum atomic E-state index is 11.1. The van der Waals surface area contributed by atoms with Gasteiger partial charge in [0.2, 0.25) is 5.91 Å². The lowest BCUT2D eigenvalue weighted by Crippen LogP contribution is -2.47. The quantitative estimate of drug-likeness (QED) is 0.860. The van der Waals surface area contributed by atoms with Gasteiger partial charge >= 0.3 is 0 Å². The first-order valence-corrected chi connectivity index (χ1v) is 6.84. The third kappa shape index (κ3) is 3.33. The molecule has 0 aliphatic carbocycles. The fraction of sp³-hybridized carbons (Fsp3) is 0.533. The molecule has 0 radical (unpaired) electrons. The Labute approximate surface area is 114 Å². The monoisotopic (exact) mass is 261 g/mol. The number of amides is 1. The fourth-order valence-electron chi connectivity index (χ4n) is 2.58. The molecule has 1 fully saturated rings. The molecule has 4 nitrogen and oxygen atoms in total. The lowest BCUT2D eigenvalue weighted by Gasteiger charge is -2.35. The van der Waals surface area contributed by atoms with E-state index in [0.29, 0.717) is 11.5 Å². The summed E-state index contributed by atoms with van der Waals surface area (Å²) in [4.78, 5) is 13.5. The summed E-state index contributed by atoms with van der Waals surface area (Å²) in [5.41, 5.74) is 14.3. The molecule has 1 heterocycles. The predicted octanol–water partition coefficient (Wildman–Crippen LogP) is 1.26. The highest BCUT2D eigenvalue weighted by Gasteiger charge is 2.23. The van der Waals surface area contributed by atoms with Gasteiger partial charge in [0.05, 0.1) is 0 Å². The first-order valence-electron chi connectivity index (χ1n) is 6.84. The number of primary amides is 1. The molecule has 104 valence electrons. The van der Waals surface area contributed by atoms with E-state index in [2.05, 4.69) is 11.8 Å². The Hall–Kier alpha value is -1.39. The first-order chi connectivity index (χ1) is 8.97. The average Bonchev–Trinajstić information content (AvgIpc) is 2.36. The summed E-state index contributed by atoms with van der Waals surface area (Å²) in [6, 6.07) is 5.93. The van der Waals surface area contributed by atoms with Gasteiger partial charge in [-0.3, -0.25) is 9.69 Å². The minimum atomic E-state index is -0.372. The molecule has 4 heteroatoms. The number of rotatable bonds is 3. The second-order valence-electron chi connectivity index (χ2n) is 5.67. The van der Waals surface area contributed by atoms with E-state index in [1.807, 2.05) is 19.1 Å². The topological polar surface area (TPSA) is 72.4 Å². The van der Waals surface area contributed by atoms with E-state index >= 15 is 0 Å². The summed E-state index contributed by atoms with van der Waals surface area (Å²) in [5.74, 6) is 0.234. The van der Waals surface area contributed by atoms with Crippen LogP contribution in [0.2, 0.25) is 0 Å². The van der Waals surface area contributed by atoms with Crippen molar-refractivity contribution in [2.75, 3.05) is 13.1 Å². The van der Waals surface area contributed by atoms with E-state index in [9.17, 15) is 4.79 Å². The normalized spacial score (nSPS) is 24.4. The van der Waals surface area contributed by atoms with E-state index in [-0.39, 0.29) is 11.9 Å². The van der Waals surface area contributed by atoms with Crippen molar-refractivity contribution in [1.82, 2.24) is 4.90 Å². The number of hydrogen-bond acceptors (Lipinski definition) is 3. The van der Waals surface area contributed by atoms with Crippen molar-refractivity contribution in [3.63, 3.8) is 0 Å². The first kappa shape index (κ1) is 14.0. The Kier molecular flexibility index (Phi) is 4.22. The van der Waals surface area contributed by atoms with Crippen LogP contribution in [0.5, 0.6) is 0 Å². The molecule has 1 aliphatic rings. The standard InChI is InChI=1S/C15H23N3O/c1-10-5-6-18(9-14(10)16)8-13-4-3-12(15(17)19)7-11(13)2/h3-4,7,10,14H,5-6,8-9,16H2,1-2H3,(H2,17,19). The number of carbonyl (C=O) groups excluding carboxylic acids is 1. The Morgan fingerprint density at radius 2 is 2.21 bits per heavy atom. The van der Waals surface area contributed by atoms with Crippen LogP contribution >= 0.6 is 0 Å². The molecule has 1 aliphatic heterocycles. The summed E-state index contributed by atoms with van der Waals surface area (Å²) in [6.45, 7) is 7.17. The number of benzene rings is 1. The number of likely N-dealkylation sites (tertiary alicyclic amines) is 1. The molecule has 2 atom stereocenters. The van der Waals surface area contributed by atoms with Crippen LogP contribution in [-0.4, -0.2) is 29.9 Å². The van der Waals surface area contributed by atoms with E-state index in [0.717, 1.165) is 31.6 Å². The third-order valence-corrected chi connectivity index (χ3v) is 4.12. The average molecular weight is 261 g/mol. The van der Waals surface area contributed by atoms with Crippen molar-refractivity contribution >= 4 is 5.91 Å². The van der Waals surface area contributed by atoms with E-state index in [1.54, 1.807) is 6.07 Å². The molecule has 19 heavy (non-hydrogen) atoms. The highest BCUT2D eigenvalue weighted by molar-refractivity contribution is 5.93.